The zero-order chi connectivity index (χ0) is 19.0. The van der Waals surface area contributed by atoms with Crippen molar-refractivity contribution in [2.24, 2.45) is 5.92 Å². The Balaban J connectivity index is 1.45. The maximum atomic E-state index is 13.0. The molecule has 0 bridgehead atoms. The van der Waals surface area contributed by atoms with E-state index in [9.17, 15) is 9.18 Å². The monoisotopic (exact) mass is 386 g/mol. The number of carbonyl (C=O) groups is 1. The van der Waals surface area contributed by atoms with Gasteiger partial charge in [0.2, 0.25) is 5.89 Å². The number of hydrogen-bond acceptors (Lipinski definition) is 6. The van der Waals surface area contributed by atoms with Crippen molar-refractivity contribution in [2.45, 2.75) is 39.2 Å². The Morgan fingerprint density at radius 3 is 2.89 bits per heavy atom. The summed E-state index contributed by atoms with van der Waals surface area (Å²) in [5.74, 6) is 0.397. The van der Waals surface area contributed by atoms with Gasteiger partial charge in [0.05, 0.1) is 0 Å². The van der Waals surface area contributed by atoms with Gasteiger partial charge in [0.1, 0.15) is 10.7 Å². The van der Waals surface area contributed by atoms with Crippen molar-refractivity contribution in [3.63, 3.8) is 0 Å². The molecule has 0 N–H and O–H groups in total. The summed E-state index contributed by atoms with van der Waals surface area (Å²) in [4.78, 5) is 14.4. The van der Waals surface area contributed by atoms with Crippen molar-refractivity contribution in [1.29, 1.82) is 0 Å². The van der Waals surface area contributed by atoms with Crippen molar-refractivity contribution >= 4 is 17.3 Å². The Morgan fingerprint density at radius 2 is 2.11 bits per heavy atom. The highest BCUT2D eigenvalue weighted by molar-refractivity contribution is 7.14. The van der Waals surface area contributed by atoms with Gasteiger partial charge < -0.3 is 9.15 Å². The summed E-state index contributed by atoms with van der Waals surface area (Å²) in [7, 11) is 0. The Labute approximate surface area is 160 Å². The first-order valence-corrected chi connectivity index (χ1v) is 9.73. The van der Waals surface area contributed by atoms with E-state index in [0.717, 1.165) is 19.3 Å². The molecule has 1 aromatic carbocycles. The molecule has 0 spiro atoms. The molecule has 1 aliphatic carbocycles. The topological polar surface area (TPSA) is 65.2 Å². The molecule has 0 amide bonds. The van der Waals surface area contributed by atoms with Gasteiger partial charge >= 0.3 is 5.97 Å². The maximum absolute atomic E-state index is 13.0. The molecule has 0 unspecified atom stereocenters. The standard InChI is InChI=1S/C20H19FN2O3S/c1-11-3-8-16-14(9-11)10-17(27-16)20(24)25-12(2)18-22-23-19(26-18)13-4-6-15(21)7-5-13/h4-7,10-12H,3,8-9H2,1-2H3/t11-,12+/m1/s1. The average molecular weight is 386 g/mol. The highest BCUT2D eigenvalue weighted by atomic mass is 32.1. The molecular formula is C20H19FN2O3S. The fourth-order valence-corrected chi connectivity index (χ4v) is 4.27. The highest BCUT2D eigenvalue weighted by Crippen LogP contribution is 2.33. The third kappa shape index (κ3) is 3.78. The number of fused-ring (bicyclic) bond motifs is 1. The molecule has 0 fully saturated rings. The molecule has 4 rings (SSSR count). The Morgan fingerprint density at radius 1 is 1.33 bits per heavy atom. The van der Waals surface area contributed by atoms with Crippen molar-refractivity contribution in [2.75, 3.05) is 0 Å². The fraction of sp³-hybridized carbons (Fsp3) is 0.350. The lowest BCUT2D eigenvalue weighted by atomic mass is 9.90. The lowest BCUT2D eigenvalue weighted by Gasteiger charge is -2.16. The summed E-state index contributed by atoms with van der Waals surface area (Å²) in [6.45, 7) is 3.92. The summed E-state index contributed by atoms with van der Waals surface area (Å²) in [5.41, 5.74) is 1.86. The van der Waals surface area contributed by atoms with E-state index in [1.165, 1.54) is 33.9 Å². The smallest absolute Gasteiger partial charge is 0.349 e. The average Bonchev–Trinajstić information content (AvgIpc) is 3.29. The first-order chi connectivity index (χ1) is 13.0. The van der Waals surface area contributed by atoms with E-state index in [1.807, 2.05) is 6.07 Å². The molecular weight excluding hydrogens is 367 g/mol. The number of esters is 1. The third-order valence-corrected chi connectivity index (χ3v) is 5.91. The molecule has 2 atom stereocenters. The van der Waals surface area contributed by atoms with E-state index in [2.05, 4.69) is 17.1 Å². The molecule has 27 heavy (non-hydrogen) atoms. The van der Waals surface area contributed by atoms with E-state index >= 15 is 0 Å². The Bertz CT molecular complexity index is 964. The van der Waals surface area contributed by atoms with Gasteiger partial charge in [0.25, 0.3) is 5.89 Å². The van der Waals surface area contributed by atoms with Gasteiger partial charge in [-0.2, -0.15) is 0 Å². The second-order valence-electron chi connectivity index (χ2n) is 6.91. The van der Waals surface area contributed by atoms with Crippen LogP contribution in [0.25, 0.3) is 11.5 Å². The van der Waals surface area contributed by atoms with E-state index in [1.54, 1.807) is 19.1 Å². The lowest BCUT2D eigenvalue weighted by molar-refractivity contribution is 0.0285. The number of benzene rings is 1. The van der Waals surface area contributed by atoms with Gasteiger partial charge in [-0.3, -0.25) is 0 Å². The minimum Gasteiger partial charge on any atom is -0.448 e. The van der Waals surface area contributed by atoms with Crippen LogP contribution in [0.15, 0.2) is 34.7 Å². The van der Waals surface area contributed by atoms with Crippen LogP contribution in [0.2, 0.25) is 0 Å². The van der Waals surface area contributed by atoms with Gasteiger partial charge in [-0.15, -0.1) is 21.5 Å². The molecule has 3 aromatic rings. The number of aromatic nitrogens is 2. The second-order valence-corrected chi connectivity index (χ2v) is 8.04. The minimum absolute atomic E-state index is 0.206. The zero-order valence-electron chi connectivity index (χ0n) is 15.1. The lowest BCUT2D eigenvalue weighted by Crippen LogP contribution is -2.08. The number of hydrogen-bond donors (Lipinski definition) is 0. The quantitative estimate of drug-likeness (QED) is 0.592. The van der Waals surface area contributed by atoms with Gasteiger partial charge in [0.15, 0.2) is 6.10 Å². The SMILES string of the molecule is C[C@@H]1CCc2sc(C(=O)O[C@@H](C)c3nnc(-c4ccc(F)cc4)o3)cc2C1. The molecule has 2 heterocycles. The van der Waals surface area contributed by atoms with Crippen molar-refractivity contribution in [1.82, 2.24) is 10.2 Å². The molecule has 140 valence electrons. The largest absolute Gasteiger partial charge is 0.448 e. The van der Waals surface area contributed by atoms with Crippen molar-refractivity contribution < 1.29 is 18.3 Å². The Kier molecular flexibility index (Phi) is 4.78. The molecule has 5 nitrogen and oxygen atoms in total. The van der Waals surface area contributed by atoms with E-state index in [0.29, 0.717) is 16.4 Å². The first-order valence-electron chi connectivity index (χ1n) is 8.91. The summed E-state index contributed by atoms with van der Waals surface area (Å²) in [6.07, 6.45) is 2.53. The second kappa shape index (κ2) is 7.23. The summed E-state index contributed by atoms with van der Waals surface area (Å²) < 4.78 is 24.1. The number of ether oxygens (including phenoxy) is 1. The highest BCUT2D eigenvalue weighted by Gasteiger charge is 2.24. The van der Waals surface area contributed by atoms with Crippen LogP contribution >= 0.6 is 11.3 Å². The summed E-state index contributed by atoms with van der Waals surface area (Å²) >= 11 is 1.51. The van der Waals surface area contributed by atoms with E-state index in [-0.39, 0.29) is 23.6 Å². The number of carbonyl (C=O) groups excluding carboxylic acids is 1. The van der Waals surface area contributed by atoms with Crippen LogP contribution in [-0.2, 0) is 17.6 Å². The van der Waals surface area contributed by atoms with E-state index in [4.69, 9.17) is 9.15 Å². The van der Waals surface area contributed by atoms with Crippen LogP contribution in [0.3, 0.4) is 0 Å². The normalized spacial score (nSPS) is 17.4. The van der Waals surface area contributed by atoms with Crippen molar-refractivity contribution in [3.8, 4) is 11.5 Å². The Hall–Kier alpha value is -2.54. The third-order valence-electron chi connectivity index (χ3n) is 4.69. The number of rotatable bonds is 4. The number of nitrogens with zero attached hydrogens (tertiary/aromatic N) is 2. The summed E-state index contributed by atoms with van der Waals surface area (Å²) in [5, 5.41) is 7.90. The van der Waals surface area contributed by atoms with Crippen LogP contribution in [0.1, 0.15) is 52.4 Å². The fourth-order valence-electron chi connectivity index (χ4n) is 3.18. The van der Waals surface area contributed by atoms with Crippen LogP contribution < -0.4 is 0 Å². The molecule has 1 aliphatic rings. The van der Waals surface area contributed by atoms with E-state index < -0.39 is 6.10 Å². The number of halogens is 1. The minimum atomic E-state index is -0.669. The van der Waals surface area contributed by atoms with Crippen LogP contribution in [0.5, 0.6) is 0 Å². The van der Waals surface area contributed by atoms with Crippen LogP contribution in [0, 0.1) is 11.7 Å². The predicted molar refractivity (Wildman–Crippen MR) is 99.0 cm³/mol. The number of aryl methyl sites for hydroxylation is 1. The molecule has 0 saturated carbocycles. The predicted octanol–water partition coefficient (Wildman–Crippen LogP) is 4.98. The number of thiophene rings is 1. The van der Waals surface area contributed by atoms with Gasteiger partial charge in [-0.05, 0) is 68.0 Å². The molecule has 7 heteroatoms. The first kappa shape index (κ1) is 17.9. The van der Waals surface area contributed by atoms with Gasteiger partial charge in [-0.1, -0.05) is 6.92 Å². The van der Waals surface area contributed by atoms with Gasteiger partial charge in [-0.25, -0.2) is 9.18 Å². The maximum Gasteiger partial charge on any atom is 0.349 e. The zero-order valence-corrected chi connectivity index (χ0v) is 15.9. The molecule has 0 saturated heterocycles. The molecule has 0 radical (unpaired) electrons. The summed E-state index contributed by atoms with van der Waals surface area (Å²) in [6, 6.07) is 7.70. The molecule has 2 aromatic heterocycles. The van der Waals surface area contributed by atoms with Crippen LogP contribution in [-0.4, -0.2) is 16.2 Å². The van der Waals surface area contributed by atoms with Gasteiger partial charge in [0, 0.05) is 10.4 Å². The molecule has 0 aliphatic heterocycles. The van der Waals surface area contributed by atoms with Crippen LogP contribution in [0.4, 0.5) is 4.39 Å². The van der Waals surface area contributed by atoms with Crippen molar-refractivity contribution in [3.05, 3.63) is 57.4 Å².